The summed E-state index contributed by atoms with van der Waals surface area (Å²) in [6, 6.07) is 8.91. The first-order valence-corrected chi connectivity index (χ1v) is 5.19. The minimum absolute atomic E-state index is 0.0219. The normalized spacial score (nSPS) is 10.5. The third-order valence-corrected chi connectivity index (χ3v) is 2.55. The largest absolute Gasteiger partial charge is 0.206 e. The lowest BCUT2D eigenvalue weighted by atomic mass is 10.1. The monoisotopic (exact) mass is 285 g/mol. The van der Waals surface area contributed by atoms with Gasteiger partial charge in [0.05, 0.1) is 0 Å². The average molecular weight is 286 g/mol. The number of hydrogen-bond donors (Lipinski definition) is 0. The van der Waals surface area contributed by atoms with Gasteiger partial charge in [-0.1, -0.05) is 28.1 Å². The van der Waals surface area contributed by atoms with Crippen molar-refractivity contribution in [2.24, 2.45) is 0 Å². The Bertz CT molecular complexity index is 538. The molecule has 0 heterocycles. The highest BCUT2D eigenvalue weighted by Crippen LogP contribution is 2.27. The summed E-state index contributed by atoms with van der Waals surface area (Å²) in [5.74, 6) is -3.06. The number of halogens is 4. The molecule has 0 amide bonds. The quantitative estimate of drug-likeness (QED) is 0.684. The van der Waals surface area contributed by atoms with Gasteiger partial charge in [-0.05, 0) is 23.8 Å². The van der Waals surface area contributed by atoms with Crippen LogP contribution in [0.15, 0.2) is 34.8 Å². The second-order valence-electron chi connectivity index (χ2n) is 3.17. The molecule has 2 rings (SSSR count). The summed E-state index contributed by atoms with van der Waals surface area (Å²) in [6.45, 7) is 0. The third-order valence-electron chi connectivity index (χ3n) is 2.09. The van der Waals surface area contributed by atoms with Crippen LogP contribution in [0.5, 0.6) is 0 Å². The molecule has 4 heteroatoms. The van der Waals surface area contributed by atoms with E-state index in [4.69, 9.17) is 0 Å². The summed E-state index contributed by atoms with van der Waals surface area (Å²) < 4.78 is 39.7. The second-order valence-corrected chi connectivity index (χ2v) is 4.03. The fraction of sp³-hybridized carbons (Fsp3) is 0. The summed E-state index contributed by atoms with van der Waals surface area (Å²) in [5.41, 5.74) is 0.482. The molecule has 81 valence electrons. The van der Waals surface area contributed by atoms with E-state index < -0.39 is 17.5 Å². The maximum absolute atomic E-state index is 13.4. The van der Waals surface area contributed by atoms with E-state index in [-0.39, 0.29) is 5.56 Å². The summed E-state index contributed by atoms with van der Waals surface area (Å²) in [6.07, 6.45) is 0. The molecule has 0 N–H and O–H groups in total. The minimum atomic E-state index is -1.19. The summed E-state index contributed by atoms with van der Waals surface area (Å²) >= 11 is 3.17. The fourth-order valence-corrected chi connectivity index (χ4v) is 1.73. The van der Waals surface area contributed by atoms with Crippen LogP contribution in [-0.2, 0) is 0 Å². The van der Waals surface area contributed by atoms with Gasteiger partial charge < -0.3 is 0 Å². The molecule has 0 aliphatic heterocycles. The fourth-order valence-electron chi connectivity index (χ4n) is 1.35. The Labute approximate surface area is 98.9 Å². The lowest BCUT2D eigenvalue weighted by Gasteiger charge is -2.04. The molecule has 0 saturated carbocycles. The Morgan fingerprint density at radius 1 is 0.938 bits per heavy atom. The van der Waals surface area contributed by atoms with Crippen LogP contribution in [0.4, 0.5) is 13.2 Å². The molecule has 1 radical (unpaired) electrons. The van der Waals surface area contributed by atoms with Gasteiger partial charge in [-0.2, -0.15) is 0 Å². The standard InChI is InChI=1S/C12H5BrF3/c13-8-3-1-2-7(4-8)9-5-11(15)12(16)6-10(9)14/h1-2,4-6H. The zero-order valence-corrected chi connectivity index (χ0v) is 9.48. The average Bonchev–Trinajstić information content (AvgIpc) is 2.23. The molecule has 0 aromatic heterocycles. The molecule has 16 heavy (non-hydrogen) atoms. The molecule has 0 aliphatic carbocycles. The second kappa shape index (κ2) is 4.29. The summed E-state index contributed by atoms with van der Waals surface area (Å²) in [4.78, 5) is 0. The van der Waals surface area contributed by atoms with E-state index in [2.05, 4.69) is 22.0 Å². The Morgan fingerprint density at radius 3 is 2.31 bits per heavy atom. The number of rotatable bonds is 1. The Hall–Kier alpha value is -1.29. The molecular formula is C12H5BrF3. The first kappa shape index (κ1) is 11.2. The maximum atomic E-state index is 13.4. The van der Waals surface area contributed by atoms with E-state index in [1.807, 2.05) is 0 Å². The van der Waals surface area contributed by atoms with Crippen molar-refractivity contribution in [2.75, 3.05) is 0 Å². The van der Waals surface area contributed by atoms with E-state index in [0.29, 0.717) is 16.1 Å². The molecule has 2 aromatic rings. The van der Waals surface area contributed by atoms with Gasteiger partial charge >= 0.3 is 0 Å². The minimum Gasteiger partial charge on any atom is -0.206 e. The Kier molecular flexibility index (Phi) is 3.01. The van der Waals surface area contributed by atoms with Crippen molar-refractivity contribution >= 4 is 15.9 Å². The van der Waals surface area contributed by atoms with Gasteiger partial charge in [0.25, 0.3) is 0 Å². The van der Waals surface area contributed by atoms with Crippen molar-refractivity contribution in [2.45, 2.75) is 0 Å². The van der Waals surface area contributed by atoms with Gasteiger partial charge in [-0.3, -0.25) is 0 Å². The number of benzene rings is 2. The molecule has 0 spiro atoms. The first-order valence-electron chi connectivity index (χ1n) is 4.40. The molecule has 0 nitrogen and oxygen atoms in total. The van der Waals surface area contributed by atoms with Gasteiger partial charge in [0.1, 0.15) is 5.82 Å². The van der Waals surface area contributed by atoms with Crippen molar-refractivity contribution in [3.05, 3.63) is 58.3 Å². The van der Waals surface area contributed by atoms with Crippen LogP contribution in [0.1, 0.15) is 0 Å². The van der Waals surface area contributed by atoms with Crippen LogP contribution in [0, 0.1) is 23.5 Å². The highest BCUT2D eigenvalue weighted by atomic mass is 79.9. The zero-order valence-electron chi connectivity index (χ0n) is 7.90. The van der Waals surface area contributed by atoms with Gasteiger partial charge in [0.2, 0.25) is 0 Å². The highest BCUT2D eigenvalue weighted by molar-refractivity contribution is 9.10. The van der Waals surface area contributed by atoms with Crippen molar-refractivity contribution in [1.29, 1.82) is 0 Å². The molecule has 0 fully saturated rings. The first-order chi connectivity index (χ1) is 7.58. The number of hydrogen-bond acceptors (Lipinski definition) is 0. The summed E-state index contributed by atoms with van der Waals surface area (Å²) in [7, 11) is 0. The lowest BCUT2D eigenvalue weighted by Crippen LogP contribution is -1.91. The van der Waals surface area contributed by atoms with Crippen LogP contribution in [0.2, 0.25) is 0 Å². The molecule has 0 aliphatic rings. The summed E-state index contributed by atoms with van der Waals surface area (Å²) in [5, 5.41) is 0. The predicted molar refractivity (Wildman–Crippen MR) is 58.3 cm³/mol. The smallest absolute Gasteiger partial charge is 0.161 e. The molecule has 0 unspecified atom stereocenters. The zero-order chi connectivity index (χ0) is 11.7. The Morgan fingerprint density at radius 2 is 1.62 bits per heavy atom. The molecule has 0 bridgehead atoms. The van der Waals surface area contributed by atoms with Gasteiger partial charge in [-0.15, -0.1) is 0 Å². The topological polar surface area (TPSA) is 0 Å². The molecule has 0 saturated heterocycles. The maximum Gasteiger partial charge on any atom is 0.161 e. The molecule has 2 aromatic carbocycles. The third kappa shape index (κ3) is 2.11. The van der Waals surface area contributed by atoms with Crippen LogP contribution >= 0.6 is 15.9 Å². The predicted octanol–water partition coefficient (Wildman–Crippen LogP) is 4.33. The van der Waals surface area contributed by atoms with Crippen molar-refractivity contribution in [3.8, 4) is 11.1 Å². The Balaban J connectivity index is 2.60. The van der Waals surface area contributed by atoms with Crippen LogP contribution in [-0.4, -0.2) is 0 Å². The van der Waals surface area contributed by atoms with Crippen molar-refractivity contribution in [3.63, 3.8) is 0 Å². The van der Waals surface area contributed by atoms with Crippen LogP contribution in [0.25, 0.3) is 11.1 Å². The van der Waals surface area contributed by atoms with Crippen LogP contribution in [0.3, 0.4) is 0 Å². The lowest BCUT2D eigenvalue weighted by molar-refractivity contribution is 0.496. The highest BCUT2D eigenvalue weighted by Gasteiger charge is 2.11. The van der Waals surface area contributed by atoms with E-state index in [1.165, 1.54) is 0 Å². The molecular weight excluding hydrogens is 281 g/mol. The van der Waals surface area contributed by atoms with Crippen LogP contribution < -0.4 is 0 Å². The van der Waals surface area contributed by atoms with Crippen molar-refractivity contribution < 1.29 is 13.2 Å². The van der Waals surface area contributed by atoms with Gasteiger partial charge in [-0.25, -0.2) is 13.2 Å². The van der Waals surface area contributed by atoms with E-state index in [1.54, 1.807) is 18.2 Å². The van der Waals surface area contributed by atoms with E-state index in [0.717, 1.165) is 6.07 Å². The van der Waals surface area contributed by atoms with E-state index in [9.17, 15) is 13.2 Å². The van der Waals surface area contributed by atoms with Gasteiger partial charge in [0, 0.05) is 16.1 Å². The van der Waals surface area contributed by atoms with E-state index >= 15 is 0 Å². The van der Waals surface area contributed by atoms with Gasteiger partial charge in [0.15, 0.2) is 11.6 Å². The molecule has 0 atom stereocenters. The van der Waals surface area contributed by atoms with Crippen molar-refractivity contribution in [1.82, 2.24) is 0 Å². The SMILES string of the molecule is Fc1cc(F)c(-c2cc[c]c(Br)c2)cc1F.